The van der Waals surface area contributed by atoms with E-state index in [1.54, 1.807) is 31.3 Å². The highest BCUT2D eigenvalue weighted by molar-refractivity contribution is 7.89. The zero-order valence-electron chi connectivity index (χ0n) is 12.9. The number of para-hydroxylation sites is 1. The molecule has 0 radical (unpaired) electrons. The van der Waals surface area contributed by atoms with Crippen molar-refractivity contribution in [1.82, 2.24) is 4.31 Å². The molecule has 0 saturated carbocycles. The number of aryl methyl sites for hydroxylation is 1. The van der Waals surface area contributed by atoms with Crippen molar-refractivity contribution < 1.29 is 13.2 Å². The molecule has 5 heteroatoms. The molecule has 0 fully saturated rings. The van der Waals surface area contributed by atoms with Gasteiger partial charge in [-0.05, 0) is 37.6 Å². The number of hydrogen-bond donors (Lipinski definition) is 0. The highest BCUT2D eigenvalue weighted by atomic mass is 32.2. The Bertz CT molecular complexity index is 682. The van der Waals surface area contributed by atoms with Crippen LogP contribution in [0.25, 0.3) is 0 Å². The molecule has 0 heterocycles. The minimum Gasteiger partial charge on any atom is -0.494 e. The fourth-order valence-corrected chi connectivity index (χ4v) is 3.21. The molecule has 0 atom stereocenters. The summed E-state index contributed by atoms with van der Waals surface area (Å²) in [5.74, 6) is 0.798. The molecule has 22 heavy (non-hydrogen) atoms. The lowest BCUT2D eigenvalue weighted by molar-refractivity contribution is 0.296. The Hall–Kier alpha value is -1.85. The summed E-state index contributed by atoms with van der Waals surface area (Å²) in [6, 6.07) is 16.4. The maximum Gasteiger partial charge on any atom is 0.242 e. The van der Waals surface area contributed by atoms with Crippen LogP contribution in [-0.2, 0) is 10.0 Å². The quantitative estimate of drug-likeness (QED) is 0.737. The fraction of sp³-hybridized carbons (Fsp3) is 0.294. The van der Waals surface area contributed by atoms with Crippen LogP contribution in [0.2, 0.25) is 0 Å². The van der Waals surface area contributed by atoms with Gasteiger partial charge in [0, 0.05) is 13.6 Å². The molecule has 0 N–H and O–H groups in total. The Morgan fingerprint density at radius 2 is 1.64 bits per heavy atom. The van der Waals surface area contributed by atoms with Crippen LogP contribution < -0.4 is 4.74 Å². The van der Waals surface area contributed by atoms with Gasteiger partial charge in [0.1, 0.15) is 5.75 Å². The number of sulfonamides is 1. The standard InChI is InChI=1S/C17H21NO3S/c1-15-9-11-17(12-10-15)22(19,20)18(2)13-6-14-21-16-7-4-3-5-8-16/h3-5,7-12H,6,13-14H2,1-2H3. The number of ether oxygens (including phenoxy) is 1. The van der Waals surface area contributed by atoms with Crippen molar-refractivity contribution in [2.45, 2.75) is 18.2 Å². The highest BCUT2D eigenvalue weighted by Crippen LogP contribution is 2.15. The van der Waals surface area contributed by atoms with Gasteiger partial charge in [0.05, 0.1) is 11.5 Å². The Morgan fingerprint density at radius 3 is 2.27 bits per heavy atom. The van der Waals surface area contributed by atoms with Crippen LogP contribution in [0.15, 0.2) is 59.5 Å². The second kappa shape index (κ2) is 7.42. The summed E-state index contributed by atoms with van der Waals surface area (Å²) in [7, 11) is -1.83. The third kappa shape index (κ3) is 4.32. The predicted octanol–water partition coefficient (Wildman–Crippen LogP) is 3.08. The number of nitrogens with zero attached hydrogens (tertiary/aromatic N) is 1. The van der Waals surface area contributed by atoms with Crippen LogP contribution in [-0.4, -0.2) is 32.9 Å². The van der Waals surface area contributed by atoms with Crippen LogP contribution in [0, 0.1) is 6.92 Å². The van der Waals surface area contributed by atoms with Gasteiger partial charge < -0.3 is 4.74 Å². The molecule has 0 aliphatic carbocycles. The average Bonchev–Trinajstić information content (AvgIpc) is 2.52. The van der Waals surface area contributed by atoms with Gasteiger partial charge in [-0.15, -0.1) is 0 Å². The molecule has 0 saturated heterocycles. The van der Waals surface area contributed by atoms with Gasteiger partial charge in [-0.25, -0.2) is 12.7 Å². The van der Waals surface area contributed by atoms with Crippen molar-refractivity contribution in [2.75, 3.05) is 20.2 Å². The van der Waals surface area contributed by atoms with Crippen LogP contribution >= 0.6 is 0 Å². The van der Waals surface area contributed by atoms with Crippen LogP contribution in [0.5, 0.6) is 5.75 Å². The molecule has 0 aliphatic heterocycles. The van der Waals surface area contributed by atoms with Gasteiger partial charge in [-0.3, -0.25) is 0 Å². The zero-order valence-corrected chi connectivity index (χ0v) is 13.7. The van der Waals surface area contributed by atoms with E-state index in [1.807, 2.05) is 37.3 Å². The Balaban J connectivity index is 1.86. The first-order valence-corrected chi connectivity index (χ1v) is 8.65. The van der Waals surface area contributed by atoms with Gasteiger partial charge in [0.2, 0.25) is 10.0 Å². The van der Waals surface area contributed by atoms with Gasteiger partial charge >= 0.3 is 0 Å². The second-order valence-corrected chi connectivity index (χ2v) is 7.20. The Kier molecular flexibility index (Phi) is 5.57. The summed E-state index contributed by atoms with van der Waals surface area (Å²) >= 11 is 0. The van der Waals surface area contributed by atoms with Crippen LogP contribution in [0.3, 0.4) is 0 Å². The van der Waals surface area contributed by atoms with Gasteiger partial charge in [-0.1, -0.05) is 35.9 Å². The first kappa shape index (κ1) is 16.5. The Morgan fingerprint density at radius 1 is 1.00 bits per heavy atom. The predicted molar refractivity (Wildman–Crippen MR) is 87.5 cm³/mol. The zero-order chi connectivity index (χ0) is 16.0. The van der Waals surface area contributed by atoms with E-state index in [9.17, 15) is 8.42 Å². The molecular formula is C17H21NO3S. The molecule has 0 aromatic heterocycles. The minimum atomic E-state index is -3.42. The molecule has 0 unspecified atom stereocenters. The van der Waals surface area contributed by atoms with Crippen LogP contribution in [0.4, 0.5) is 0 Å². The van der Waals surface area contributed by atoms with E-state index >= 15 is 0 Å². The van der Waals surface area contributed by atoms with Crippen molar-refractivity contribution in [2.24, 2.45) is 0 Å². The molecule has 0 amide bonds. The lowest BCUT2D eigenvalue weighted by Gasteiger charge is -2.17. The first-order valence-electron chi connectivity index (χ1n) is 7.21. The lowest BCUT2D eigenvalue weighted by Crippen LogP contribution is -2.28. The molecule has 0 aliphatic rings. The van der Waals surface area contributed by atoms with Crippen molar-refractivity contribution in [1.29, 1.82) is 0 Å². The van der Waals surface area contributed by atoms with Gasteiger partial charge in [0.25, 0.3) is 0 Å². The third-order valence-electron chi connectivity index (χ3n) is 3.36. The number of hydrogen-bond acceptors (Lipinski definition) is 3. The van der Waals surface area contributed by atoms with Crippen molar-refractivity contribution in [3.8, 4) is 5.75 Å². The maximum atomic E-state index is 12.4. The van der Waals surface area contributed by atoms with Gasteiger partial charge in [-0.2, -0.15) is 0 Å². The first-order chi connectivity index (χ1) is 10.5. The summed E-state index contributed by atoms with van der Waals surface area (Å²) < 4.78 is 31.7. The average molecular weight is 319 g/mol. The van der Waals surface area contributed by atoms with Crippen LogP contribution in [0.1, 0.15) is 12.0 Å². The molecule has 118 valence electrons. The van der Waals surface area contributed by atoms with E-state index in [-0.39, 0.29) is 0 Å². The number of benzene rings is 2. The van der Waals surface area contributed by atoms with E-state index in [2.05, 4.69) is 0 Å². The van der Waals surface area contributed by atoms with Crippen molar-refractivity contribution >= 4 is 10.0 Å². The topological polar surface area (TPSA) is 46.6 Å². The largest absolute Gasteiger partial charge is 0.494 e. The van der Waals surface area contributed by atoms with E-state index in [0.717, 1.165) is 11.3 Å². The van der Waals surface area contributed by atoms with E-state index in [4.69, 9.17) is 4.74 Å². The summed E-state index contributed by atoms with van der Waals surface area (Å²) in [5, 5.41) is 0. The smallest absolute Gasteiger partial charge is 0.242 e. The molecule has 2 aromatic rings. The van der Waals surface area contributed by atoms with E-state index in [0.29, 0.717) is 24.5 Å². The third-order valence-corrected chi connectivity index (χ3v) is 5.23. The van der Waals surface area contributed by atoms with Crippen molar-refractivity contribution in [3.05, 3.63) is 60.2 Å². The summed E-state index contributed by atoms with van der Waals surface area (Å²) in [6.45, 7) is 2.84. The molecule has 2 rings (SSSR count). The SMILES string of the molecule is Cc1ccc(S(=O)(=O)N(C)CCCOc2ccccc2)cc1. The maximum absolute atomic E-state index is 12.4. The molecule has 2 aromatic carbocycles. The van der Waals surface area contributed by atoms with Gasteiger partial charge in [0.15, 0.2) is 0 Å². The molecule has 0 spiro atoms. The number of rotatable bonds is 7. The molecular weight excluding hydrogens is 298 g/mol. The normalized spacial score (nSPS) is 11.6. The minimum absolute atomic E-state index is 0.324. The van der Waals surface area contributed by atoms with E-state index in [1.165, 1.54) is 4.31 Å². The van der Waals surface area contributed by atoms with Crippen molar-refractivity contribution in [3.63, 3.8) is 0 Å². The molecule has 0 bridgehead atoms. The Labute approximate surface area is 132 Å². The fourth-order valence-electron chi connectivity index (χ4n) is 2.00. The monoisotopic (exact) mass is 319 g/mol. The summed E-state index contributed by atoms with van der Waals surface area (Å²) in [5.41, 5.74) is 1.04. The molecule has 4 nitrogen and oxygen atoms in total. The van der Waals surface area contributed by atoms with E-state index < -0.39 is 10.0 Å². The summed E-state index contributed by atoms with van der Waals surface area (Å²) in [4.78, 5) is 0.324. The summed E-state index contributed by atoms with van der Waals surface area (Å²) in [6.07, 6.45) is 0.635. The highest BCUT2D eigenvalue weighted by Gasteiger charge is 2.19. The second-order valence-electron chi connectivity index (χ2n) is 5.15. The lowest BCUT2D eigenvalue weighted by atomic mass is 10.2.